The Morgan fingerprint density at radius 2 is 1.09 bits per heavy atom. The monoisotopic (exact) mass is 372 g/mol. The first kappa shape index (κ1) is 17.3. The van der Waals surface area contributed by atoms with Crippen molar-refractivity contribution in [3.05, 3.63) is 59.7 Å². The van der Waals surface area contributed by atoms with E-state index in [9.17, 15) is 0 Å². The van der Waals surface area contributed by atoms with Crippen LogP contribution in [0.4, 0.5) is 11.4 Å². The van der Waals surface area contributed by atoms with E-state index in [0.717, 1.165) is 9.95 Å². The van der Waals surface area contributed by atoms with Crippen molar-refractivity contribution in [2.45, 2.75) is 9.95 Å². The van der Waals surface area contributed by atoms with Crippen LogP contribution < -0.4 is 9.80 Å². The summed E-state index contributed by atoms with van der Waals surface area (Å²) in [6.07, 6.45) is 0. The van der Waals surface area contributed by atoms with Gasteiger partial charge in [0.1, 0.15) is 0 Å². The van der Waals surface area contributed by atoms with Crippen LogP contribution in [-0.2, 0) is 9.95 Å². The van der Waals surface area contributed by atoms with E-state index in [0.29, 0.717) is 0 Å². The van der Waals surface area contributed by atoms with Crippen LogP contribution in [0.2, 0.25) is 0 Å². The normalized spacial score (nSPS) is 10.4. The van der Waals surface area contributed by atoms with E-state index in [4.69, 9.17) is 9.64 Å². The Kier molecular flexibility index (Phi) is 6.30. The van der Waals surface area contributed by atoms with E-state index in [1.807, 2.05) is 0 Å². The van der Waals surface area contributed by atoms with Gasteiger partial charge in [-0.1, -0.05) is 0 Å². The molecule has 116 valence electrons. The molecule has 0 saturated carbocycles. The quantitative estimate of drug-likeness (QED) is 0.708. The molecule has 0 unspecified atom stereocenters. The van der Waals surface area contributed by atoms with Gasteiger partial charge in [-0.05, 0) is 0 Å². The summed E-state index contributed by atoms with van der Waals surface area (Å²) < 4.78 is 0. The summed E-state index contributed by atoms with van der Waals surface area (Å²) >= 11 is -1.89. The predicted molar refractivity (Wildman–Crippen MR) is 101 cm³/mol. The van der Waals surface area contributed by atoms with Crippen LogP contribution >= 0.6 is 9.64 Å². The van der Waals surface area contributed by atoms with Gasteiger partial charge in [0.25, 0.3) is 0 Å². The molecule has 0 aromatic heterocycles. The fourth-order valence-corrected chi connectivity index (χ4v) is 8.27. The molecule has 0 aliphatic rings. The van der Waals surface area contributed by atoms with Gasteiger partial charge in [-0.25, -0.2) is 0 Å². The number of hydrogen-bond acceptors (Lipinski definition) is 2. The molecular weight excluding hydrogens is 349 g/mol. The molecule has 2 aromatic rings. The van der Waals surface area contributed by atoms with Crippen LogP contribution in [0.1, 0.15) is 11.1 Å². The number of halogens is 1. The van der Waals surface area contributed by atoms with Crippen molar-refractivity contribution in [1.82, 2.24) is 0 Å². The van der Waals surface area contributed by atoms with Crippen molar-refractivity contribution in [2.24, 2.45) is 0 Å². The maximum atomic E-state index is 6.85. The van der Waals surface area contributed by atoms with Crippen molar-refractivity contribution < 1.29 is 0 Å². The molecule has 0 amide bonds. The number of nitrogens with zero attached hydrogens (tertiary/aromatic N) is 2. The van der Waals surface area contributed by atoms with Gasteiger partial charge in [-0.3, -0.25) is 0 Å². The average molecular weight is 374 g/mol. The van der Waals surface area contributed by atoms with Gasteiger partial charge in [0.05, 0.1) is 0 Å². The molecule has 0 radical (unpaired) electrons. The second-order valence-electron chi connectivity index (χ2n) is 6.05. The summed E-state index contributed by atoms with van der Waals surface area (Å²) in [5, 5.41) is 0. The minimum absolute atomic E-state index is 1.06. The molecule has 2 rings (SSSR count). The molecule has 0 aliphatic carbocycles. The van der Waals surface area contributed by atoms with E-state index < -0.39 is 15.2 Å². The first-order chi connectivity index (χ1) is 10.5. The van der Waals surface area contributed by atoms with E-state index in [-0.39, 0.29) is 0 Å². The predicted octanol–water partition coefficient (Wildman–Crippen LogP) is 3.91. The summed E-state index contributed by atoms with van der Waals surface area (Å²) in [4.78, 5) is 6.47. The van der Waals surface area contributed by atoms with Crippen LogP contribution in [0.3, 0.4) is 0 Å². The van der Waals surface area contributed by atoms with Crippen LogP contribution in [0, 0.1) is 0 Å². The molecule has 0 fully saturated rings. The summed E-state index contributed by atoms with van der Waals surface area (Å²) in [5.74, 6) is 0. The van der Waals surface area contributed by atoms with E-state index in [1.165, 1.54) is 22.5 Å². The van der Waals surface area contributed by atoms with Crippen molar-refractivity contribution in [3.63, 3.8) is 0 Å². The summed E-state index contributed by atoms with van der Waals surface area (Å²) in [6.45, 7) is 0. The van der Waals surface area contributed by atoms with Crippen molar-refractivity contribution in [3.8, 4) is 0 Å². The molecule has 2 aromatic carbocycles. The number of hydrogen-bond donors (Lipinski definition) is 0. The van der Waals surface area contributed by atoms with E-state index in [2.05, 4.69) is 86.5 Å². The van der Waals surface area contributed by atoms with Crippen molar-refractivity contribution in [2.75, 3.05) is 38.0 Å². The second kappa shape index (κ2) is 8.00. The summed E-state index contributed by atoms with van der Waals surface area (Å²) in [7, 11) is 15.2. The Morgan fingerprint density at radius 1 is 0.727 bits per heavy atom. The SMILES string of the molecule is CN(C)c1ccccc1[CH2][Ga]([Cl])[CH2]c1ccccc1N(C)C. The standard InChI is InChI=1S/2C9H12N.ClH.Ga/c2*1-8-6-4-5-7-9(8)10(2)3;;/h2*4-7H,1H2,2-3H3;1H;/q;;;+1/p-1. The molecule has 0 atom stereocenters. The van der Waals surface area contributed by atoms with Crippen LogP contribution in [0.15, 0.2) is 48.5 Å². The Labute approximate surface area is 143 Å². The van der Waals surface area contributed by atoms with Gasteiger partial charge in [0, 0.05) is 0 Å². The van der Waals surface area contributed by atoms with Gasteiger partial charge in [0.2, 0.25) is 0 Å². The maximum absolute atomic E-state index is 6.85. The molecule has 22 heavy (non-hydrogen) atoms. The van der Waals surface area contributed by atoms with Crippen molar-refractivity contribution >= 4 is 36.2 Å². The Balaban J connectivity index is 2.13. The van der Waals surface area contributed by atoms with E-state index >= 15 is 0 Å². The van der Waals surface area contributed by atoms with Crippen LogP contribution in [-0.4, -0.2) is 43.4 Å². The molecule has 0 aliphatic heterocycles. The zero-order valence-electron chi connectivity index (χ0n) is 13.9. The summed E-state index contributed by atoms with van der Waals surface area (Å²) in [6, 6.07) is 17.2. The van der Waals surface area contributed by atoms with Gasteiger partial charge in [-0.2, -0.15) is 0 Å². The van der Waals surface area contributed by atoms with Gasteiger partial charge in [-0.15, -0.1) is 0 Å². The van der Waals surface area contributed by atoms with Crippen molar-refractivity contribution in [1.29, 1.82) is 0 Å². The van der Waals surface area contributed by atoms with Gasteiger partial charge >= 0.3 is 144 Å². The number of rotatable bonds is 6. The fraction of sp³-hybridized carbons (Fsp3) is 0.333. The van der Waals surface area contributed by atoms with Crippen LogP contribution in [0.5, 0.6) is 0 Å². The molecule has 0 bridgehead atoms. The molecule has 0 heterocycles. The molecule has 0 N–H and O–H groups in total. The topological polar surface area (TPSA) is 6.48 Å². The zero-order chi connectivity index (χ0) is 16.1. The fourth-order valence-electron chi connectivity index (χ4n) is 2.79. The number of para-hydroxylation sites is 2. The molecule has 0 spiro atoms. The van der Waals surface area contributed by atoms with Gasteiger partial charge < -0.3 is 0 Å². The zero-order valence-corrected chi connectivity index (χ0v) is 17.1. The first-order valence-electron chi connectivity index (χ1n) is 7.63. The first-order valence-corrected chi connectivity index (χ1v) is 14.2. The average Bonchev–Trinajstić information content (AvgIpc) is 2.47. The third-order valence-corrected chi connectivity index (χ3v) is 9.14. The Bertz CT molecular complexity index is 560. The number of anilines is 2. The van der Waals surface area contributed by atoms with Crippen LogP contribution in [0.25, 0.3) is 0 Å². The number of benzene rings is 2. The Hall–Kier alpha value is -1.03. The minimum atomic E-state index is -1.89. The third kappa shape index (κ3) is 4.48. The molecule has 2 nitrogen and oxygen atoms in total. The molecular formula is C18H24ClGaN2. The molecule has 4 heteroatoms. The summed E-state index contributed by atoms with van der Waals surface area (Å²) in [5.41, 5.74) is 5.35. The Morgan fingerprint density at radius 3 is 1.45 bits per heavy atom. The van der Waals surface area contributed by atoms with E-state index in [1.54, 1.807) is 0 Å². The second-order valence-corrected chi connectivity index (χ2v) is 13.5. The van der Waals surface area contributed by atoms with Gasteiger partial charge in [0.15, 0.2) is 0 Å². The molecule has 0 saturated heterocycles. The third-order valence-electron chi connectivity index (χ3n) is 3.83.